The van der Waals surface area contributed by atoms with Gasteiger partial charge in [-0.3, -0.25) is 0 Å². The van der Waals surface area contributed by atoms with Crippen LogP contribution < -0.4 is 4.74 Å². The van der Waals surface area contributed by atoms with Gasteiger partial charge in [0.1, 0.15) is 40.0 Å². The maximum absolute atomic E-state index is 14.0. The van der Waals surface area contributed by atoms with Crippen molar-refractivity contribution >= 4 is 34.6 Å². The van der Waals surface area contributed by atoms with Gasteiger partial charge in [-0.05, 0) is 92.3 Å². The number of hydrogen-bond acceptors (Lipinski definition) is 11. The number of nitrogens with zero attached hydrogens (tertiary/aromatic N) is 6. The molecule has 0 unspecified atom stereocenters. The van der Waals surface area contributed by atoms with Gasteiger partial charge >= 0.3 is 12.2 Å². The molecule has 1 saturated carbocycles. The maximum Gasteiger partial charge on any atom is 0.410 e. The van der Waals surface area contributed by atoms with Crippen LogP contribution in [0.4, 0.5) is 9.59 Å². The van der Waals surface area contributed by atoms with Crippen LogP contribution in [0.3, 0.4) is 0 Å². The van der Waals surface area contributed by atoms with Crippen LogP contribution in [0.15, 0.2) is 84.8 Å². The van der Waals surface area contributed by atoms with Crippen LogP contribution in [0, 0.1) is 5.92 Å². The molecule has 1 saturated heterocycles. The van der Waals surface area contributed by atoms with Gasteiger partial charge in [-0.1, -0.05) is 48.5 Å². The highest BCUT2D eigenvalue weighted by Gasteiger charge is 2.55. The summed E-state index contributed by atoms with van der Waals surface area (Å²) < 4.78 is 33.3. The molecule has 4 atom stereocenters. The summed E-state index contributed by atoms with van der Waals surface area (Å²) in [6.45, 7) is 16.7. The van der Waals surface area contributed by atoms with E-state index in [1.54, 1.807) is 16.1 Å². The van der Waals surface area contributed by atoms with Gasteiger partial charge in [0.15, 0.2) is 5.79 Å². The van der Waals surface area contributed by atoms with Gasteiger partial charge in [-0.25, -0.2) is 24.5 Å². The van der Waals surface area contributed by atoms with Crippen molar-refractivity contribution in [2.75, 3.05) is 26.2 Å². The van der Waals surface area contributed by atoms with Crippen molar-refractivity contribution in [2.24, 2.45) is 5.92 Å². The predicted octanol–water partition coefficient (Wildman–Crippen LogP) is 9.54. The zero-order chi connectivity index (χ0) is 42.0. The fourth-order valence-corrected chi connectivity index (χ4v) is 8.55. The van der Waals surface area contributed by atoms with Crippen LogP contribution >= 0.6 is 11.3 Å². The molecule has 5 aromatic rings. The van der Waals surface area contributed by atoms with Crippen LogP contribution in [0.2, 0.25) is 0 Å². The number of ether oxygens (including phenoxy) is 5. The first kappa shape index (κ1) is 42.1. The van der Waals surface area contributed by atoms with Crippen LogP contribution in [0.5, 0.6) is 11.6 Å². The number of para-hydroxylation sites is 1. The number of aromatic nitrogens is 4. The minimum Gasteiger partial charge on any atom is -0.444 e. The summed E-state index contributed by atoms with van der Waals surface area (Å²) in [6.07, 6.45) is 5.89. The Bertz CT molecular complexity index is 2200. The number of fused-ring (bicyclic) bond motifs is 2. The molecule has 3 aromatic heterocycles. The van der Waals surface area contributed by atoms with E-state index in [-0.39, 0.29) is 30.3 Å². The molecule has 2 aromatic carbocycles. The Morgan fingerprint density at radius 1 is 0.881 bits per heavy atom. The van der Waals surface area contributed by atoms with Gasteiger partial charge in [0.05, 0.1) is 17.5 Å². The van der Waals surface area contributed by atoms with Gasteiger partial charge in [-0.2, -0.15) is 0 Å². The van der Waals surface area contributed by atoms with E-state index in [1.165, 1.54) is 11.3 Å². The third kappa shape index (κ3) is 10.6. The quantitative estimate of drug-likeness (QED) is 0.113. The first-order valence-electron chi connectivity index (χ1n) is 20.4. The topological polar surface area (TPSA) is 130 Å². The standard InChI is InChI=1S/C45H56N6O7S/c1-43(2,3)57-41(52)49(23-20-30-16-11-9-12-17-30)21-15-22-50(42(53)58-44(4,5)6)26-31-24-35(38-37(31)55-45(7,8)56-38)51-27-34(33-25-46-29-47-39(33)51)40-48-36(28-59-40)54-32-18-13-10-14-19-32/h9-14,16-19,25,27-29,31,35,37-38H,15,20-24,26H2,1-8H3/t31-,35-,37-,38+/m1/s1. The highest BCUT2D eigenvalue weighted by atomic mass is 32.1. The molecule has 0 radical (unpaired) electrons. The lowest BCUT2D eigenvalue weighted by Gasteiger charge is -2.32. The number of hydrogen-bond donors (Lipinski definition) is 0. The predicted molar refractivity (Wildman–Crippen MR) is 226 cm³/mol. The van der Waals surface area contributed by atoms with E-state index >= 15 is 0 Å². The van der Waals surface area contributed by atoms with Gasteiger partial charge in [0.25, 0.3) is 0 Å². The van der Waals surface area contributed by atoms with Crippen molar-refractivity contribution in [1.82, 2.24) is 29.3 Å². The van der Waals surface area contributed by atoms with Gasteiger partial charge < -0.3 is 38.1 Å². The maximum atomic E-state index is 14.0. The smallest absolute Gasteiger partial charge is 0.410 e. The second-order valence-electron chi connectivity index (χ2n) is 17.7. The Kier molecular flexibility index (Phi) is 12.3. The normalized spacial score (nSPS) is 20.0. The van der Waals surface area contributed by atoms with E-state index in [0.717, 1.165) is 27.2 Å². The minimum atomic E-state index is -0.838. The van der Waals surface area contributed by atoms with E-state index in [9.17, 15) is 9.59 Å². The lowest BCUT2D eigenvalue weighted by Crippen LogP contribution is -2.44. The fraction of sp³-hybridized carbons (Fsp3) is 0.489. The summed E-state index contributed by atoms with van der Waals surface area (Å²) in [5.74, 6) is 0.280. The Morgan fingerprint density at radius 3 is 2.22 bits per heavy atom. The summed E-state index contributed by atoms with van der Waals surface area (Å²) in [7, 11) is 0. The molecule has 0 spiro atoms. The summed E-state index contributed by atoms with van der Waals surface area (Å²) in [4.78, 5) is 44.9. The van der Waals surface area contributed by atoms with Crippen LogP contribution in [-0.4, -0.2) is 96.9 Å². The molecular formula is C45H56N6O7S. The molecule has 1 aliphatic heterocycles. The summed E-state index contributed by atoms with van der Waals surface area (Å²) in [5, 5.41) is 3.54. The average molecular weight is 825 g/mol. The Labute approximate surface area is 350 Å². The average Bonchev–Trinajstić information content (AvgIpc) is 3.94. The number of benzene rings is 2. The molecule has 4 heterocycles. The lowest BCUT2D eigenvalue weighted by molar-refractivity contribution is -0.160. The van der Waals surface area contributed by atoms with E-state index < -0.39 is 23.1 Å². The Hall–Kier alpha value is -5.05. The number of amides is 2. The number of carbonyl (C=O) groups excluding carboxylic acids is 2. The number of carbonyl (C=O) groups is 2. The SMILES string of the molecule is CC(C)(C)OC(=O)N(CCCN(C[C@H]1C[C@@H](n2cc(-c3nc(Oc4ccccc4)cs3)c3cncnc32)[C@@H]2OC(C)(C)O[C@H]12)C(=O)OC(C)(C)C)CCc1ccccc1. The van der Waals surface area contributed by atoms with E-state index in [1.807, 2.05) is 115 Å². The zero-order valence-electron chi connectivity index (χ0n) is 35.3. The van der Waals surface area contributed by atoms with Crippen LogP contribution in [-0.2, 0) is 25.4 Å². The Balaban J connectivity index is 1.12. The van der Waals surface area contributed by atoms with Gasteiger partial charge in [0, 0.05) is 55.4 Å². The second-order valence-corrected chi connectivity index (χ2v) is 18.6. The molecule has 1 aliphatic carbocycles. The first-order valence-corrected chi connectivity index (χ1v) is 21.2. The van der Waals surface area contributed by atoms with E-state index in [4.69, 9.17) is 33.7 Å². The van der Waals surface area contributed by atoms with Gasteiger partial charge in [-0.15, -0.1) is 11.3 Å². The lowest BCUT2D eigenvalue weighted by atomic mass is 10.0. The zero-order valence-corrected chi connectivity index (χ0v) is 36.1. The summed E-state index contributed by atoms with van der Waals surface area (Å²) in [5.41, 5.74) is 1.44. The molecular weight excluding hydrogens is 769 g/mol. The second kappa shape index (κ2) is 17.3. The molecule has 7 rings (SSSR count). The highest BCUT2D eigenvalue weighted by molar-refractivity contribution is 7.13. The molecule has 0 N–H and O–H groups in total. The molecule has 0 bridgehead atoms. The first-order chi connectivity index (χ1) is 28.0. The number of thiazole rings is 1. The van der Waals surface area contributed by atoms with Crippen molar-refractivity contribution in [2.45, 2.75) is 110 Å². The number of rotatable bonds is 13. The van der Waals surface area contributed by atoms with E-state index in [2.05, 4.69) is 27.9 Å². The molecule has 59 heavy (non-hydrogen) atoms. The largest absolute Gasteiger partial charge is 0.444 e. The molecule has 314 valence electrons. The monoisotopic (exact) mass is 824 g/mol. The van der Waals surface area contributed by atoms with Crippen molar-refractivity contribution in [3.63, 3.8) is 0 Å². The molecule has 2 fully saturated rings. The van der Waals surface area contributed by atoms with Crippen LogP contribution in [0.25, 0.3) is 21.6 Å². The van der Waals surface area contributed by atoms with E-state index in [0.29, 0.717) is 57.1 Å². The van der Waals surface area contributed by atoms with Crippen molar-refractivity contribution in [3.8, 4) is 22.2 Å². The third-order valence-corrected chi connectivity index (χ3v) is 11.1. The molecule has 13 nitrogen and oxygen atoms in total. The summed E-state index contributed by atoms with van der Waals surface area (Å²) in [6, 6.07) is 19.5. The van der Waals surface area contributed by atoms with Gasteiger partial charge in [0.2, 0.25) is 5.88 Å². The third-order valence-electron chi connectivity index (χ3n) is 10.2. The minimum absolute atomic E-state index is 0.104. The van der Waals surface area contributed by atoms with Crippen molar-refractivity contribution < 1.29 is 33.3 Å². The van der Waals surface area contributed by atoms with Crippen molar-refractivity contribution in [3.05, 3.63) is 90.3 Å². The molecule has 14 heteroatoms. The van der Waals surface area contributed by atoms with Crippen LogP contribution in [0.1, 0.15) is 79.8 Å². The fourth-order valence-electron chi connectivity index (χ4n) is 7.81. The summed E-state index contributed by atoms with van der Waals surface area (Å²) >= 11 is 1.49. The highest BCUT2D eigenvalue weighted by Crippen LogP contribution is 2.49. The Morgan fingerprint density at radius 2 is 1.53 bits per heavy atom. The van der Waals surface area contributed by atoms with Crippen molar-refractivity contribution in [1.29, 1.82) is 0 Å². The molecule has 2 amide bonds. The molecule has 2 aliphatic rings.